The molecule has 0 aliphatic carbocycles. The van der Waals surface area contributed by atoms with Gasteiger partial charge in [-0.15, -0.1) is 0 Å². The van der Waals surface area contributed by atoms with Gasteiger partial charge in [-0.25, -0.2) is 0 Å². The van der Waals surface area contributed by atoms with Gasteiger partial charge in [0.1, 0.15) is 6.26 Å². The van der Waals surface area contributed by atoms with E-state index in [1.807, 2.05) is 6.92 Å². The van der Waals surface area contributed by atoms with Crippen molar-refractivity contribution in [3.8, 4) is 0 Å². The first-order valence-electron chi connectivity index (χ1n) is 2.44. The number of aliphatic hydroxyl groups is 1. The number of ether oxygens (including phenoxy) is 1. The summed E-state index contributed by atoms with van der Waals surface area (Å²) in [6, 6.07) is 0. The largest absolute Gasteiger partial charge is 0.512 e. The van der Waals surface area contributed by atoms with E-state index >= 15 is 0 Å². The molecule has 0 rings (SSSR count). The lowest BCUT2D eigenvalue weighted by atomic mass is 10.5. The molecule has 0 saturated carbocycles. The minimum atomic E-state index is 0.410. The lowest BCUT2D eigenvalue weighted by Crippen LogP contribution is -1.86. The Morgan fingerprint density at radius 2 is 2.50 bits per heavy atom. The summed E-state index contributed by atoms with van der Waals surface area (Å²) in [4.78, 5) is 0. The Hall–Kier alpha value is -0.920. The van der Waals surface area contributed by atoms with Gasteiger partial charge in [0.2, 0.25) is 0 Å². The normalized spacial score (nSPS) is 10.9. The van der Waals surface area contributed by atoms with Crippen LogP contribution in [0.3, 0.4) is 0 Å². The topological polar surface area (TPSA) is 29.5 Å². The molecule has 2 heteroatoms. The molecule has 0 spiro atoms. The number of allylic oxidation sites excluding steroid dienone is 1. The third kappa shape index (κ3) is 2.29. The zero-order chi connectivity index (χ0) is 6.41. The molecule has 0 aromatic rings. The SMILES string of the molecule is C=C/C(=C/O)OCC. The first-order valence-corrected chi connectivity index (χ1v) is 2.44. The van der Waals surface area contributed by atoms with Crippen LogP contribution in [-0.4, -0.2) is 11.7 Å². The Kier molecular flexibility index (Phi) is 3.76. The molecule has 0 unspecified atom stereocenters. The molecule has 0 aliphatic rings. The van der Waals surface area contributed by atoms with Crippen LogP contribution >= 0.6 is 0 Å². The monoisotopic (exact) mass is 114 g/mol. The van der Waals surface area contributed by atoms with E-state index in [0.717, 1.165) is 6.26 Å². The van der Waals surface area contributed by atoms with Crippen LogP contribution in [0.1, 0.15) is 6.92 Å². The average molecular weight is 114 g/mol. The summed E-state index contributed by atoms with van der Waals surface area (Å²) in [6.45, 7) is 5.79. The highest BCUT2D eigenvalue weighted by Crippen LogP contribution is 1.94. The minimum absolute atomic E-state index is 0.410. The maximum Gasteiger partial charge on any atom is 0.152 e. The van der Waals surface area contributed by atoms with Crippen LogP contribution in [0, 0.1) is 0 Å². The van der Waals surface area contributed by atoms with Gasteiger partial charge >= 0.3 is 0 Å². The third-order valence-electron chi connectivity index (χ3n) is 0.639. The number of rotatable bonds is 3. The van der Waals surface area contributed by atoms with Gasteiger partial charge in [0, 0.05) is 0 Å². The standard InChI is InChI=1S/C6H10O2/c1-3-6(5-7)8-4-2/h3,5,7H,1,4H2,2H3/b6-5-. The predicted molar refractivity (Wildman–Crippen MR) is 32.5 cm³/mol. The van der Waals surface area contributed by atoms with Crippen LogP contribution in [0.2, 0.25) is 0 Å². The Balaban J connectivity index is 3.54. The van der Waals surface area contributed by atoms with Crippen molar-refractivity contribution < 1.29 is 9.84 Å². The molecule has 0 heterocycles. The molecule has 2 nitrogen and oxygen atoms in total. The first-order chi connectivity index (χ1) is 3.85. The molecule has 0 radical (unpaired) electrons. The summed E-state index contributed by atoms with van der Waals surface area (Å²) in [5.41, 5.74) is 0. The summed E-state index contributed by atoms with van der Waals surface area (Å²) in [6.07, 6.45) is 2.33. The highest BCUT2D eigenvalue weighted by Gasteiger charge is 1.84. The third-order valence-corrected chi connectivity index (χ3v) is 0.639. The van der Waals surface area contributed by atoms with E-state index in [0.29, 0.717) is 12.4 Å². The zero-order valence-corrected chi connectivity index (χ0v) is 4.92. The van der Waals surface area contributed by atoms with Crippen molar-refractivity contribution in [2.24, 2.45) is 0 Å². The van der Waals surface area contributed by atoms with E-state index in [-0.39, 0.29) is 0 Å². The number of hydrogen-bond donors (Lipinski definition) is 1. The molecular weight excluding hydrogens is 104 g/mol. The second-order valence-corrected chi connectivity index (χ2v) is 1.17. The van der Waals surface area contributed by atoms with Crippen LogP contribution < -0.4 is 0 Å². The van der Waals surface area contributed by atoms with Gasteiger partial charge in [-0.05, 0) is 13.0 Å². The van der Waals surface area contributed by atoms with Crippen molar-refractivity contribution in [2.75, 3.05) is 6.61 Å². The van der Waals surface area contributed by atoms with Crippen molar-refractivity contribution >= 4 is 0 Å². The van der Waals surface area contributed by atoms with E-state index in [2.05, 4.69) is 6.58 Å². The lowest BCUT2D eigenvalue weighted by molar-refractivity contribution is 0.229. The van der Waals surface area contributed by atoms with Crippen molar-refractivity contribution in [1.82, 2.24) is 0 Å². The summed E-state index contributed by atoms with van der Waals surface area (Å²) < 4.78 is 4.83. The van der Waals surface area contributed by atoms with Gasteiger partial charge in [0.15, 0.2) is 5.76 Å². The lowest BCUT2D eigenvalue weighted by Gasteiger charge is -1.98. The molecule has 0 aromatic carbocycles. The van der Waals surface area contributed by atoms with Gasteiger partial charge in [-0.1, -0.05) is 6.58 Å². The highest BCUT2D eigenvalue weighted by atomic mass is 16.5. The van der Waals surface area contributed by atoms with Crippen LogP contribution in [0.5, 0.6) is 0 Å². The fraction of sp³-hybridized carbons (Fsp3) is 0.333. The van der Waals surface area contributed by atoms with Crippen molar-refractivity contribution in [3.05, 3.63) is 24.7 Å². The second-order valence-electron chi connectivity index (χ2n) is 1.17. The molecule has 0 fully saturated rings. The molecule has 0 saturated heterocycles. The van der Waals surface area contributed by atoms with E-state index in [9.17, 15) is 0 Å². The molecule has 0 atom stereocenters. The van der Waals surface area contributed by atoms with Crippen molar-refractivity contribution in [3.63, 3.8) is 0 Å². The molecular formula is C6H10O2. The molecule has 8 heavy (non-hydrogen) atoms. The van der Waals surface area contributed by atoms with Crippen LogP contribution in [-0.2, 0) is 4.74 Å². The van der Waals surface area contributed by atoms with E-state index in [1.54, 1.807) is 0 Å². The smallest absolute Gasteiger partial charge is 0.152 e. The Bertz CT molecular complexity index is 94.7. The van der Waals surface area contributed by atoms with Crippen LogP contribution in [0.4, 0.5) is 0 Å². The second kappa shape index (κ2) is 4.24. The van der Waals surface area contributed by atoms with Gasteiger partial charge in [-0.2, -0.15) is 0 Å². The molecule has 0 aliphatic heterocycles. The number of hydrogen-bond acceptors (Lipinski definition) is 2. The highest BCUT2D eigenvalue weighted by molar-refractivity contribution is 5.04. The predicted octanol–water partition coefficient (Wildman–Crippen LogP) is 1.61. The molecule has 0 aromatic heterocycles. The van der Waals surface area contributed by atoms with E-state index in [4.69, 9.17) is 9.84 Å². The summed E-state index contributed by atoms with van der Waals surface area (Å²) in [5, 5.41) is 8.30. The summed E-state index contributed by atoms with van der Waals surface area (Å²) >= 11 is 0. The average Bonchev–Trinajstić information content (AvgIpc) is 1.83. The van der Waals surface area contributed by atoms with Gasteiger partial charge < -0.3 is 9.84 Å². The van der Waals surface area contributed by atoms with Crippen molar-refractivity contribution in [1.29, 1.82) is 0 Å². The quantitative estimate of drug-likeness (QED) is 0.446. The maximum atomic E-state index is 8.30. The Morgan fingerprint density at radius 3 is 2.62 bits per heavy atom. The maximum absolute atomic E-state index is 8.30. The molecule has 0 amide bonds. The van der Waals surface area contributed by atoms with E-state index < -0.39 is 0 Å². The Morgan fingerprint density at radius 1 is 1.88 bits per heavy atom. The van der Waals surface area contributed by atoms with E-state index in [1.165, 1.54) is 6.08 Å². The Labute approximate surface area is 49.1 Å². The van der Waals surface area contributed by atoms with Gasteiger partial charge in [0.25, 0.3) is 0 Å². The number of aliphatic hydroxyl groups excluding tert-OH is 1. The summed E-state index contributed by atoms with van der Waals surface area (Å²) in [7, 11) is 0. The van der Waals surface area contributed by atoms with Crippen molar-refractivity contribution in [2.45, 2.75) is 6.92 Å². The first kappa shape index (κ1) is 7.08. The zero-order valence-electron chi connectivity index (χ0n) is 4.92. The van der Waals surface area contributed by atoms with Gasteiger partial charge in [-0.3, -0.25) is 0 Å². The van der Waals surface area contributed by atoms with Gasteiger partial charge in [0.05, 0.1) is 6.61 Å². The minimum Gasteiger partial charge on any atom is -0.512 e. The molecule has 0 bridgehead atoms. The van der Waals surface area contributed by atoms with Crippen LogP contribution in [0.15, 0.2) is 24.7 Å². The summed E-state index contributed by atoms with van der Waals surface area (Å²) in [5.74, 6) is 0.410. The molecule has 46 valence electrons. The van der Waals surface area contributed by atoms with Crippen LogP contribution in [0.25, 0.3) is 0 Å². The fourth-order valence-electron chi connectivity index (χ4n) is 0.316. The molecule has 1 N–H and O–H groups in total. The fourth-order valence-corrected chi connectivity index (χ4v) is 0.316.